The van der Waals surface area contributed by atoms with Gasteiger partial charge < -0.3 is 20.7 Å². The van der Waals surface area contributed by atoms with Gasteiger partial charge in [-0.1, -0.05) is 0 Å². The van der Waals surface area contributed by atoms with E-state index in [9.17, 15) is 0 Å². The van der Waals surface area contributed by atoms with Crippen LogP contribution in [0.5, 0.6) is 0 Å². The molecule has 0 aromatic heterocycles. The van der Waals surface area contributed by atoms with Crippen LogP contribution in [0.4, 0.5) is 0 Å². The first-order valence-corrected chi connectivity index (χ1v) is 4.93. The van der Waals surface area contributed by atoms with E-state index in [0.717, 1.165) is 19.7 Å². The first kappa shape index (κ1) is 13.2. The van der Waals surface area contributed by atoms with Crippen molar-refractivity contribution in [2.45, 2.75) is 6.92 Å². The van der Waals surface area contributed by atoms with Crippen LogP contribution in [0.2, 0.25) is 0 Å². The number of aliphatic imine (C=N–C) groups is 1. The zero-order valence-corrected chi connectivity index (χ0v) is 9.42. The van der Waals surface area contributed by atoms with Gasteiger partial charge in [0.2, 0.25) is 0 Å². The summed E-state index contributed by atoms with van der Waals surface area (Å²) in [6.07, 6.45) is 0. The van der Waals surface area contributed by atoms with E-state index in [4.69, 9.17) is 10.5 Å². The van der Waals surface area contributed by atoms with Crippen LogP contribution in [-0.4, -0.2) is 57.8 Å². The van der Waals surface area contributed by atoms with Gasteiger partial charge in [-0.15, -0.1) is 0 Å². The maximum absolute atomic E-state index is 5.52. The maximum atomic E-state index is 5.52. The van der Waals surface area contributed by atoms with E-state index in [1.54, 1.807) is 0 Å². The zero-order valence-electron chi connectivity index (χ0n) is 9.42. The number of guanidine groups is 1. The topological polar surface area (TPSA) is 62.9 Å². The zero-order chi connectivity index (χ0) is 10.8. The lowest BCUT2D eigenvalue weighted by atomic mass is 10.6. The molecule has 0 heterocycles. The van der Waals surface area contributed by atoms with Crippen LogP contribution in [-0.2, 0) is 4.74 Å². The largest absolute Gasteiger partial charge is 0.378 e. The number of nitrogens with one attached hydrogen (secondary N) is 1. The van der Waals surface area contributed by atoms with Crippen molar-refractivity contribution in [3.8, 4) is 0 Å². The van der Waals surface area contributed by atoms with Crippen molar-refractivity contribution in [2.24, 2.45) is 10.7 Å². The molecule has 84 valence electrons. The number of rotatable bonds is 7. The predicted octanol–water partition coefficient (Wildman–Crippen LogP) is -0.511. The lowest BCUT2D eigenvalue weighted by Crippen LogP contribution is -2.31. The van der Waals surface area contributed by atoms with Gasteiger partial charge in [0, 0.05) is 13.1 Å². The summed E-state index contributed by atoms with van der Waals surface area (Å²) in [4.78, 5) is 6.15. The number of nitrogens with two attached hydrogens (primary N) is 1. The molecule has 0 aliphatic rings. The third-order valence-electron chi connectivity index (χ3n) is 1.56. The number of nitrogens with zero attached hydrogens (tertiary/aromatic N) is 2. The molecule has 0 rings (SSSR count). The Balaban J connectivity index is 3.24. The summed E-state index contributed by atoms with van der Waals surface area (Å²) in [5.41, 5.74) is 5.52. The highest BCUT2D eigenvalue weighted by Gasteiger charge is 1.91. The van der Waals surface area contributed by atoms with E-state index in [2.05, 4.69) is 15.2 Å². The fourth-order valence-electron chi connectivity index (χ4n) is 0.817. The quantitative estimate of drug-likeness (QED) is 0.331. The Morgan fingerprint density at radius 3 is 2.71 bits per heavy atom. The van der Waals surface area contributed by atoms with Crippen LogP contribution in [0.1, 0.15) is 6.92 Å². The van der Waals surface area contributed by atoms with E-state index in [1.165, 1.54) is 0 Å². The van der Waals surface area contributed by atoms with Gasteiger partial charge in [0.25, 0.3) is 0 Å². The summed E-state index contributed by atoms with van der Waals surface area (Å²) >= 11 is 0. The van der Waals surface area contributed by atoms with Gasteiger partial charge in [-0.25, -0.2) is 0 Å². The van der Waals surface area contributed by atoms with Crippen LogP contribution >= 0.6 is 0 Å². The fraction of sp³-hybridized carbons (Fsp3) is 0.889. The predicted molar refractivity (Wildman–Crippen MR) is 59.5 cm³/mol. The lowest BCUT2D eigenvalue weighted by Gasteiger charge is -2.09. The van der Waals surface area contributed by atoms with E-state index in [1.807, 2.05) is 21.0 Å². The van der Waals surface area contributed by atoms with Crippen molar-refractivity contribution in [1.29, 1.82) is 0 Å². The Bertz CT molecular complexity index is 159. The van der Waals surface area contributed by atoms with Gasteiger partial charge in [-0.3, -0.25) is 4.99 Å². The van der Waals surface area contributed by atoms with Gasteiger partial charge in [0.1, 0.15) is 0 Å². The molecule has 5 nitrogen and oxygen atoms in total. The summed E-state index contributed by atoms with van der Waals surface area (Å²) < 4.78 is 5.34. The first-order chi connectivity index (χ1) is 6.66. The van der Waals surface area contributed by atoms with Crippen LogP contribution in [0.25, 0.3) is 0 Å². The van der Waals surface area contributed by atoms with Crippen LogP contribution in [0.3, 0.4) is 0 Å². The molecule has 0 unspecified atom stereocenters. The average Bonchev–Trinajstić information content (AvgIpc) is 2.11. The number of hydrogen-bond acceptors (Lipinski definition) is 3. The number of hydrogen-bond donors (Lipinski definition) is 2. The van der Waals surface area contributed by atoms with Crippen molar-refractivity contribution in [2.75, 3.05) is 46.9 Å². The third-order valence-corrected chi connectivity index (χ3v) is 1.56. The molecule has 0 amide bonds. The van der Waals surface area contributed by atoms with E-state index in [0.29, 0.717) is 19.1 Å². The van der Waals surface area contributed by atoms with Crippen molar-refractivity contribution >= 4 is 5.96 Å². The molecular formula is C9H22N4O. The summed E-state index contributed by atoms with van der Waals surface area (Å²) in [6.45, 7) is 5.70. The first-order valence-electron chi connectivity index (χ1n) is 4.93. The minimum absolute atomic E-state index is 0.490. The van der Waals surface area contributed by atoms with E-state index >= 15 is 0 Å². The van der Waals surface area contributed by atoms with Gasteiger partial charge in [0.05, 0.1) is 19.8 Å². The molecule has 0 aromatic rings. The van der Waals surface area contributed by atoms with E-state index in [-0.39, 0.29) is 0 Å². The molecule has 0 saturated heterocycles. The molecule has 0 aromatic carbocycles. The molecule has 0 aliphatic heterocycles. The number of ether oxygens (including phenoxy) is 1. The Morgan fingerprint density at radius 1 is 1.43 bits per heavy atom. The second kappa shape index (κ2) is 8.77. The molecule has 0 saturated carbocycles. The van der Waals surface area contributed by atoms with Gasteiger partial charge in [0.15, 0.2) is 5.96 Å². The van der Waals surface area contributed by atoms with Gasteiger partial charge >= 0.3 is 0 Å². The minimum Gasteiger partial charge on any atom is -0.378 e. The highest BCUT2D eigenvalue weighted by Crippen LogP contribution is 1.79. The third kappa shape index (κ3) is 9.28. The minimum atomic E-state index is 0.490. The highest BCUT2D eigenvalue weighted by molar-refractivity contribution is 5.77. The molecule has 0 atom stereocenters. The summed E-state index contributed by atoms with van der Waals surface area (Å²) in [5, 5.41) is 2.92. The van der Waals surface area contributed by atoms with Crippen LogP contribution in [0.15, 0.2) is 4.99 Å². The van der Waals surface area contributed by atoms with Gasteiger partial charge in [-0.2, -0.15) is 0 Å². The molecule has 14 heavy (non-hydrogen) atoms. The Kier molecular flexibility index (Phi) is 8.27. The second-order valence-corrected chi connectivity index (χ2v) is 3.21. The van der Waals surface area contributed by atoms with Crippen LogP contribution in [0, 0.1) is 0 Å². The molecule has 0 bridgehead atoms. The van der Waals surface area contributed by atoms with Crippen LogP contribution < -0.4 is 11.1 Å². The molecule has 0 aliphatic carbocycles. The molecular weight excluding hydrogens is 180 g/mol. The number of likely N-dealkylation sites (N-methyl/N-ethyl adjacent to an activating group) is 1. The lowest BCUT2D eigenvalue weighted by molar-refractivity contribution is 0.124. The Labute approximate surface area is 86.3 Å². The Morgan fingerprint density at radius 2 is 2.14 bits per heavy atom. The standard InChI is InChI=1S/C9H22N4O/c1-4-11-9(10)12-5-7-14-8-6-13(2)3/h4-8H2,1-3H3,(H3,10,11,12). The molecule has 3 N–H and O–H groups in total. The van der Waals surface area contributed by atoms with Crippen molar-refractivity contribution in [1.82, 2.24) is 10.2 Å². The average molecular weight is 202 g/mol. The second-order valence-electron chi connectivity index (χ2n) is 3.21. The maximum Gasteiger partial charge on any atom is 0.188 e. The SMILES string of the molecule is CCNC(N)=NCCOCCN(C)C. The van der Waals surface area contributed by atoms with Crippen molar-refractivity contribution < 1.29 is 4.74 Å². The smallest absolute Gasteiger partial charge is 0.188 e. The van der Waals surface area contributed by atoms with Crippen molar-refractivity contribution in [3.05, 3.63) is 0 Å². The highest BCUT2D eigenvalue weighted by atomic mass is 16.5. The summed E-state index contributed by atoms with van der Waals surface area (Å²) in [6, 6.07) is 0. The fourth-order valence-corrected chi connectivity index (χ4v) is 0.817. The summed E-state index contributed by atoms with van der Waals surface area (Å²) in [7, 11) is 4.04. The monoisotopic (exact) mass is 202 g/mol. The van der Waals surface area contributed by atoms with Gasteiger partial charge in [-0.05, 0) is 21.0 Å². The summed E-state index contributed by atoms with van der Waals surface area (Å²) in [5.74, 6) is 0.490. The van der Waals surface area contributed by atoms with Crippen molar-refractivity contribution in [3.63, 3.8) is 0 Å². The molecule has 5 heteroatoms. The molecule has 0 fully saturated rings. The normalized spacial score (nSPS) is 12.1. The Hall–Kier alpha value is -0.810. The molecule has 0 spiro atoms. The molecule has 0 radical (unpaired) electrons. The van der Waals surface area contributed by atoms with E-state index < -0.39 is 0 Å².